The predicted octanol–water partition coefficient (Wildman–Crippen LogP) is 2.71. The summed E-state index contributed by atoms with van der Waals surface area (Å²) in [5.41, 5.74) is 1.01. The average molecular weight is 211 g/mol. The van der Waals surface area contributed by atoms with Gasteiger partial charge in [0.2, 0.25) is 0 Å². The summed E-state index contributed by atoms with van der Waals surface area (Å²) in [4.78, 5) is 4.32. The highest BCUT2D eigenvalue weighted by molar-refractivity contribution is 7.09. The van der Waals surface area contributed by atoms with Crippen molar-refractivity contribution in [3.05, 3.63) is 28.7 Å². The van der Waals surface area contributed by atoms with Crippen LogP contribution in [-0.2, 0) is 6.42 Å². The summed E-state index contributed by atoms with van der Waals surface area (Å²) in [5, 5.41) is 12.8. The number of aliphatic hydroxyl groups is 1. The van der Waals surface area contributed by atoms with Crippen LogP contribution >= 0.6 is 11.3 Å². The van der Waals surface area contributed by atoms with Gasteiger partial charge in [0.15, 0.2) is 0 Å². The average Bonchev–Trinajstić information content (AvgIpc) is 2.52. The first-order chi connectivity index (χ1) is 6.72. The molecule has 78 valence electrons. The Labute approximate surface area is 89.3 Å². The highest BCUT2D eigenvalue weighted by Gasteiger charge is 2.07. The molecule has 1 atom stereocenters. The summed E-state index contributed by atoms with van der Waals surface area (Å²) in [6.07, 6.45) is 5.14. The SMILES string of the molecule is C=CCCCC(O)Cc1csc(C)n1. The maximum Gasteiger partial charge on any atom is 0.0897 e. The van der Waals surface area contributed by atoms with E-state index in [1.807, 2.05) is 18.4 Å². The lowest BCUT2D eigenvalue weighted by Gasteiger charge is -2.07. The summed E-state index contributed by atoms with van der Waals surface area (Å²) in [6, 6.07) is 0. The van der Waals surface area contributed by atoms with Crippen molar-refractivity contribution in [3.8, 4) is 0 Å². The third-order valence-electron chi connectivity index (χ3n) is 2.06. The van der Waals surface area contributed by atoms with Gasteiger partial charge in [-0.15, -0.1) is 17.9 Å². The van der Waals surface area contributed by atoms with Gasteiger partial charge in [0.25, 0.3) is 0 Å². The van der Waals surface area contributed by atoms with E-state index >= 15 is 0 Å². The van der Waals surface area contributed by atoms with Gasteiger partial charge in [-0.3, -0.25) is 0 Å². The van der Waals surface area contributed by atoms with Crippen molar-refractivity contribution in [1.29, 1.82) is 0 Å². The van der Waals surface area contributed by atoms with Gasteiger partial charge in [-0.1, -0.05) is 6.08 Å². The lowest BCUT2D eigenvalue weighted by Crippen LogP contribution is -2.10. The molecule has 1 aromatic heterocycles. The van der Waals surface area contributed by atoms with Gasteiger partial charge in [0.05, 0.1) is 16.8 Å². The number of thiazole rings is 1. The minimum atomic E-state index is -0.253. The van der Waals surface area contributed by atoms with E-state index in [4.69, 9.17) is 0 Å². The van der Waals surface area contributed by atoms with Gasteiger partial charge < -0.3 is 5.11 Å². The van der Waals surface area contributed by atoms with Crippen molar-refractivity contribution >= 4 is 11.3 Å². The molecule has 0 spiro atoms. The predicted molar refractivity (Wildman–Crippen MR) is 60.6 cm³/mol. The number of allylic oxidation sites excluding steroid dienone is 1. The number of aliphatic hydroxyl groups excluding tert-OH is 1. The Morgan fingerprint density at radius 1 is 1.71 bits per heavy atom. The molecule has 0 aliphatic rings. The highest BCUT2D eigenvalue weighted by atomic mass is 32.1. The maximum atomic E-state index is 9.67. The molecule has 3 heteroatoms. The molecule has 0 saturated heterocycles. The minimum Gasteiger partial charge on any atom is -0.393 e. The van der Waals surface area contributed by atoms with Crippen LogP contribution in [0, 0.1) is 6.92 Å². The molecule has 0 saturated carbocycles. The molecule has 0 amide bonds. The second-order valence-electron chi connectivity index (χ2n) is 3.44. The Kier molecular flexibility index (Phi) is 4.84. The van der Waals surface area contributed by atoms with Crippen LogP contribution in [0.15, 0.2) is 18.0 Å². The van der Waals surface area contributed by atoms with Crippen LogP contribution in [0.3, 0.4) is 0 Å². The zero-order valence-corrected chi connectivity index (χ0v) is 9.39. The third kappa shape index (κ3) is 4.03. The van der Waals surface area contributed by atoms with Crippen molar-refractivity contribution < 1.29 is 5.11 Å². The Balaban J connectivity index is 2.26. The summed E-state index contributed by atoms with van der Waals surface area (Å²) in [5.74, 6) is 0. The summed E-state index contributed by atoms with van der Waals surface area (Å²) < 4.78 is 0. The van der Waals surface area contributed by atoms with Crippen LogP contribution in [0.5, 0.6) is 0 Å². The van der Waals surface area contributed by atoms with Gasteiger partial charge in [0.1, 0.15) is 0 Å². The Morgan fingerprint density at radius 3 is 3.07 bits per heavy atom. The third-order valence-corrected chi connectivity index (χ3v) is 2.88. The fraction of sp³-hybridized carbons (Fsp3) is 0.545. The number of unbranched alkanes of at least 4 members (excludes halogenated alkanes) is 1. The molecule has 0 bridgehead atoms. The molecule has 1 aromatic rings. The van der Waals surface area contributed by atoms with Crippen LogP contribution in [0.4, 0.5) is 0 Å². The van der Waals surface area contributed by atoms with Crippen molar-refractivity contribution in [2.24, 2.45) is 0 Å². The molecule has 0 fully saturated rings. The number of aromatic nitrogens is 1. The molecular weight excluding hydrogens is 194 g/mol. The highest BCUT2D eigenvalue weighted by Crippen LogP contribution is 2.12. The van der Waals surface area contributed by atoms with Crippen molar-refractivity contribution in [2.75, 3.05) is 0 Å². The molecule has 0 radical (unpaired) electrons. The van der Waals surface area contributed by atoms with E-state index in [1.165, 1.54) is 0 Å². The first-order valence-electron chi connectivity index (χ1n) is 4.92. The molecule has 0 aliphatic carbocycles. The molecule has 0 aromatic carbocycles. The number of aryl methyl sites for hydroxylation is 1. The smallest absolute Gasteiger partial charge is 0.0897 e. The van der Waals surface area contributed by atoms with Crippen molar-refractivity contribution in [2.45, 2.75) is 38.7 Å². The second-order valence-corrected chi connectivity index (χ2v) is 4.50. The normalized spacial score (nSPS) is 12.7. The Hall–Kier alpha value is -0.670. The number of nitrogens with zero attached hydrogens (tertiary/aromatic N) is 1. The number of hydrogen-bond donors (Lipinski definition) is 1. The van der Waals surface area contributed by atoms with E-state index in [9.17, 15) is 5.11 Å². The Bertz CT molecular complexity index is 283. The monoisotopic (exact) mass is 211 g/mol. The van der Waals surface area contributed by atoms with Crippen LogP contribution in [0.25, 0.3) is 0 Å². The molecule has 2 nitrogen and oxygen atoms in total. The molecule has 1 N–H and O–H groups in total. The van der Waals surface area contributed by atoms with Gasteiger partial charge >= 0.3 is 0 Å². The van der Waals surface area contributed by atoms with Crippen molar-refractivity contribution in [1.82, 2.24) is 4.98 Å². The van der Waals surface area contributed by atoms with E-state index < -0.39 is 0 Å². The van der Waals surface area contributed by atoms with Gasteiger partial charge in [-0.05, 0) is 26.2 Å². The van der Waals surface area contributed by atoms with Crippen LogP contribution in [0.2, 0.25) is 0 Å². The first kappa shape index (κ1) is 11.4. The number of rotatable bonds is 6. The topological polar surface area (TPSA) is 33.1 Å². The summed E-state index contributed by atoms with van der Waals surface area (Å²) >= 11 is 1.64. The molecule has 1 heterocycles. The molecular formula is C11H17NOS. The van der Waals surface area contributed by atoms with E-state index in [0.29, 0.717) is 6.42 Å². The number of hydrogen-bond acceptors (Lipinski definition) is 3. The van der Waals surface area contributed by atoms with E-state index in [1.54, 1.807) is 11.3 Å². The standard InChI is InChI=1S/C11H17NOS/c1-3-4-5-6-11(13)7-10-8-14-9(2)12-10/h3,8,11,13H,1,4-7H2,2H3. The van der Waals surface area contributed by atoms with Crippen LogP contribution in [0.1, 0.15) is 30.0 Å². The van der Waals surface area contributed by atoms with Gasteiger partial charge in [0, 0.05) is 11.8 Å². The summed E-state index contributed by atoms with van der Waals surface area (Å²) in [7, 11) is 0. The second kappa shape index (κ2) is 5.94. The van der Waals surface area contributed by atoms with Crippen LogP contribution in [-0.4, -0.2) is 16.2 Å². The van der Waals surface area contributed by atoms with Crippen molar-refractivity contribution in [3.63, 3.8) is 0 Å². The fourth-order valence-corrected chi connectivity index (χ4v) is 1.97. The van der Waals surface area contributed by atoms with Crippen LogP contribution < -0.4 is 0 Å². The molecule has 0 aliphatic heterocycles. The minimum absolute atomic E-state index is 0.253. The van der Waals surface area contributed by atoms with E-state index in [-0.39, 0.29) is 6.10 Å². The quantitative estimate of drug-likeness (QED) is 0.579. The fourth-order valence-electron chi connectivity index (χ4n) is 1.34. The molecule has 14 heavy (non-hydrogen) atoms. The molecule has 1 rings (SSSR count). The van der Waals surface area contributed by atoms with E-state index in [0.717, 1.165) is 30.0 Å². The zero-order chi connectivity index (χ0) is 10.4. The Morgan fingerprint density at radius 2 is 2.50 bits per heavy atom. The maximum absolute atomic E-state index is 9.67. The van der Waals surface area contributed by atoms with E-state index in [2.05, 4.69) is 11.6 Å². The summed E-state index contributed by atoms with van der Waals surface area (Å²) in [6.45, 7) is 5.64. The lowest BCUT2D eigenvalue weighted by atomic mass is 10.1. The zero-order valence-electron chi connectivity index (χ0n) is 8.57. The molecule has 1 unspecified atom stereocenters. The largest absolute Gasteiger partial charge is 0.393 e. The van der Waals surface area contributed by atoms with Gasteiger partial charge in [-0.25, -0.2) is 4.98 Å². The lowest BCUT2D eigenvalue weighted by molar-refractivity contribution is 0.161. The first-order valence-corrected chi connectivity index (χ1v) is 5.80. The van der Waals surface area contributed by atoms with Gasteiger partial charge in [-0.2, -0.15) is 0 Å².